The summed E-state index contributed by atoms with van der Waals surface area (Å²) < 4.78 is 14.2. The van der Waals surface area contributed by atoms with E-state index < -0.39 is 11.7 Å². The fraction of sp³-hybridized carbons (Fsp3) is 0. The van der Waals surface area contributed by atoms with Crippen LogP contribution in [0.3, 0.4) is 0 Å². The van der Waals surface area contributed by atoms with Crippen molar-refractivity contribution in [1.82, 2.24) is 0 Å². The van der Waals surface area contributed by atoms with Gasteiger partial charge < -0.3 is 16.3 Å². The standard InChI is InChI=1S/C14H11BrFN3O2/c15-10-4-5-11(16)12(7-10)18-14(20)9-3-1-2-8(6-9)13(17)19-21/h1-7,21H,(H2,17,19)(H,18,20). The number of hydrogen-bond donors (Lipinski definition) is 3. The molecule has 0 bridgehead atoms. The van der Waals surface area contributed by atoms with Gasteiger partial charge >= 0.3 is 0 Å². The van der Waals surface area contributed by atoms with E-state index in [4.69, 9.17) is 10.9 Å². The number of halogens is 2. The van der Waals surface area contributed by atoms with Gasteiger partial charge in [0.2, 0.25) is 0 Å². The first-order valence-corrected chi connectivity index (χ1v) is 6.65. The number of carbonyl (C=O) groups is 1. The number of amidine groups is 1. The van der Waals surface area contributed by atoms with Crippen molar-refractivity contribution in [3.05, 3.63) is 63.9 Å². The van der Waals surface area contributed by atoms with Crippen molar-refractivity contribution < 1.29 is 14.4 Å². The van der Waals surface area contributed by atoms with Crippen LogP contribution in [-0.4, -0.2) is 17.0 Å². The average Bonchev–Trinajstić information content (AvgIpc) is 2.50. The Kier molecular flexibility index (Phi) is 4.54. The zero-order valence-corrected chi connectivity index (χ0v) is 12.3. The molecule has 0 saturated carbocycles. The van der Waals surface area contributed by atoms with E-state index in [0.29, 0.717) is 10.0 Å². The molecule has 0 aliphatic rings. The summed E-state index contributed by atoms with van der Waals surface area (Å²) in [5.74, 6) is -1.16. The molecule has 1 amide bonds. The minimum absolute atomic E-state index is 0.0589. The Morgan fingerprint density at radius 3 is 2.67 bits per heavy atom. The lowest BCUT2D eigenvalue weighted by Crippen LogP contribution is -2.16. The summed E-state index contributed by atoms with van der Waals surface area (Å²) >= 11 is 3.20. The molecule has 108 valence electrons. The van der Waals surface area contributed by atoms with Crippen molar-refractivity contribution in [1.29, 1.82) is 0 Å². The third-order valence-electron chi connectivity index (χ3n) is 2.70. The fourth-order valence-corrected chi connectivity index (χ4v) is 2.03. The van der Waals surface area contributed by atoms with Gasteiger partial charge in [-0.3, -0.25) is 4.79 Å². The molecule has 21 heavy (non-hydrogen) atoms. The van der Waals surface area contributed by atoms with Gasteiger partial charge in [0.25, 0.3) is 5.91 Å². The highest BCUT2D eigenvalue weighted by Gasteiger charge is 2.11. The van der Waals surface area contributed by atoms with Crippen LogP contribution < -0.4 is 11.1 Å². The molecule has 2 aromatic carbocycles. The molecular weight excluding hydrogens is 341 g/mol. The molecule has 2 rings (SSSR count). The van der Waals surface area contributed by atoms with Gasteiger partial charge in [0.1, 0.15) is 5.82 Å². The van der Waals surface area contributed by atoms with E-state index in [0.717, 1.165) is 0 Å². The van der Waals surface area contributed by atoms with Gasteiger partial charge in [-0.25, -0.2) is 4.39 Å². The van der Waals surface area contributed by atoms with Gasteiger partial charge in [-0.15, -0.1) is 0 Å². The number of benzene rings is 2. The average molecular weight is 352 g/mol. The highest BCUT2D eigenvalue weighted by Crippen LogP contribution is 2.20. The molecule has 0 heterocycles. The van der Waals surface area contributed by atoms with E-state index in [1.54, 1.807) is 18.2 Å². The van der Waals surface area contributed by atoms with Crippen LogP contribution in [0.1, 0.15) is 15.9 Å². The van der Waals surface area contributed by atoms with E-state index in [2.05, 4.69) is 26.4 Å². The lowest BCUT2D eigenvalue weighted by Gasteiger charge is -2.08. The Hall–Kier alpha value is -2.41. The maximum Gasteiger partial charge on any atom is 0.255 e. The number of rotatable bonds is 3. The number of amides is 1. The number of nitrogens with two attached hydrogens (primary N) is 1. The third-order valence-corrected chi connectivity index (χ3v) is 3.20. The molecule has 0 spiro atoms. The van der Waals surface area contributed by atoms with Gasteiger partial charge in [0.15, 0.2) is 5.84 Å². The van der Waals surface area contributed by atoms with Gasteiger partial charge in [-0.05, 0) is 30.3 Å². The first-order valence-electron chi connectivity index (χ1n) is 5.85. The molecule has 0 fully saturated rings. The van der Waals surface area contributed by atoms with Crippen LogP contribution in [0.15, 0.2) is 52.1 Å². The highest BCUT2D eigenvalue weighted by atomic mass is 79.9. The zero-order valence-electron chi connectivity index (χ0n) is 10.7. The second-order valence-electron chi connectivity index (χ2n) is 4.14. The minimum Gasteiger partial charge on any atom is -0.409 e. The minimum atomic E-state index is -0.542. The lowest BCUT2D eigenvalue weighted by atomic mass is 10.1. The molecule has 7 heteroatoms. The van der Waals surface area contributed by atoms with Crippen LogP contribution in [-0.2, 0) is 0 Å². The third kappa shape index (κ3) is 3.57. The van der Waals surface area contributed by atoms with Crippen LogP contribution in [0.25, 0.3) is 0 Å². The molecule has 0 saturated heterocycles. The number of anilines is 1. The van der Waals surface area contributed by atoms with Crippen LogP contribution in [0.5, 0.6) is 0 Å². The normalized spacial score (nSPS) is 11.2. The van der Waals surface area contributed by atoms with Crippen LogP contribution in [0.2, 0.25) is 0 Å². The fourth-order valence-electron chi connectivity index (χ4n) is 1.67. The highest BCUT2D eigenvalue weighted by molar-refractivity contribution is 9.10. The first-order chi connectivity index (χ1) is 10.0. The maximum atomic E-state index is 13.6. The Balaban J connectivity index is 2.26. The lowest BCUT2D eigenvalue weighted by molar-refractivity contribution is 0.102. The van der Waals surface area contributed by atoms with E-state index >= 15 is 0 Å². The number of nitrogens with zero attached hydrogens (tertiary/aromatic N) is 1. The number of oxime groups is 1. The summed E-state index contributed by atoms with van der Waals surface area (Å²) in [5, 5.41) is 14.0. The van der Waals surface area contributed by atoms with Crippen molar-refractivity contribution in [2.45, 2.75) is 0 Å². The second-order valence-corrected chi connectivity index (χ2v) is 5.06. The zero-order chi connectivity index (χ0) is 15.4. The molecule has 0 aliphatic heterocycles. The van der Waals surface area contributed by atoms with Crippen molar-refractivity contribution in [3.63, 3.8) is 0 Å². The molecule has 0 aromatic heterocycles. The Bertz CT molecular complexity index is 719. The van der Waals surface area contributed by atoms with Crippen molar-refractivity contribution in [2.24, 2.45) is 10.9 Å². The maximum absolute atomic E-state index is 13.6. The molecule has 0 unspecified atom stereocenters. The van der Waals surface area contributed by atoms with Crippen molar-refractivity contribution in [2.75, 3.05) is 5.32 Å². The van der Waals surface area contributed by atoms with Crippen molar-refractivity contribution >= 4 is 33.4 Å². The summed E-state index contributed by atoms with van der Waals surface area (Å²) in [6.45, 7) is 0. The monoisotopic (exact) mass is 351 g/mol. The molecule has 0 atom stereocenters. The number of hydrogen-bond acceptors (Lipinski definition) is 3. The Morgan fingerprint density at radius 1 is 1.24 bits per heavy atom. The van der Waals surface area contributed by atoms with Crippen LogP contribution in [0, 0.1) is 5.82 Å². The van der Waals surface area contributed by atoms with Crippen LogP contribution in [0.4, 0.5) is 10.1 Å². The topological polar surface area (TPSA) is 87.7 Å². The van der Waals surface area contributed by atoms with Gasteiger partial charge in [-0.1, -0.05) is 33.2 Å². The molecule has 5 nitrogen and oxygen atoms in total. The summed E-state index contributed by atoms with van der Waals surface area (Å²) in [5.41, 5.74) is 6.17. The Morgan fingerprint density at radius 2 is 1.95 bits per heavy atom. The van der Waals surface area contributed by atoms with E-state index in [9.17, 15) is 9.18 Å². The van der Waals surface area contributed by atoms with E-state index in [-0.39, 0.29) is 17.1 Å². The quantitative estimate of drug-likeness (QED) is 0.344. The molecule has 2 aromatic rings. The summed E-state index contributed by atoms with van der Waals surface area (Å²) in [6.07, 6.45) is 0. The van der Waals surface area contributed by atoms with Gasteiger partial charge in [0.05, 0.1) is 5.69 Å². The van der Waals surface area contributed by atoms with E-state index in [1.165, 1.54) is 24.3 Å². The predicted octanol–water partition coefficient (Wildman–Crippen LogP) is 2.94. The molecule has 4 N–H and O–H groups in total. The summed E-state index contributed by atoms with van der Waals surface area (Å²) in [4.78, 5) is 12.1. The number of carbonyl (C=O) groups excluding carboxylic acids is 1. The van der Waals surface area contributed by atoms with Gasteiger partial charge in [-0.2, -0.15) is 0 Å². The molecule has 0 aliphatic carbocycles. The first kappa shape index (κ1) is 15.0. The van der Waals surface area contributed by atoms with E-state index in [1.807, 2.05) is 0 Å². The predicted molar refractivity (Wildman–Crippen MR) is 81.0 cm³/mol. The SMILES string of the molecule is N/C(=N\O)c1cccc(C(=O)Nc2cc(Br)ccc2F)c1. The summed E-state index contributed by atoms with van der Waals surface area (Å²) in [6, 6.07) is 10.4. The summed E-state index contributed by atoms with van der Waals surface area (Å²) in [7, 11) is 0. The van der Waals surface area contributed by atoms with Gasteiger partial charge in [0, 0.05) is 15.6 Å². The number of nitrogens with one attached hydrogen (secondary N) is 1. The largest absolute Gasteiger partial charge is 0.409 e. The van der Waals surface area contributed by atoms with Crippen LogP contribution >= 0.6 is 15.9 Å². The Labute approximate surface area is 128 Å². The molecular formula is C14H11BrFN3O2. The molecule has 0 radical (unpaired) electrons. The van der Waals surface area contributed by atoms with Crippen molar-refractivity contribution in [3.8, 4) is 0 Å². The second kappa shape index (κ2) is 6.36. The smallest absolute Gasteiger partial charge is 0.255 e.